The number of nitrogens with zero attached hydrogens (tertiary/aromatic N) is 3. The van der Waals surface area contributed by atoms with Crippen molar-refractivity contribution in [2.24, 2.45) is 5.92 Å². The zero-order valence-corrected chi connectivity index (χ0v) is 22.7. The first-order chi connectivity index (χ1) is 17.9. The van der Waals surface area contributed by atoms with Gasteiger partial charge in [-0.15, -0.1) is 0 Å². The summed E-state index contributed by atoms with van der Waals surface area (Å²) in [5.74, 6) is -0.713. The number of benzene rings is 2. The average Bonchev–Trinajstić information content (AvgIpc) is 3.46. The van der Waals surface area contributed by atoms with Crippen LogP contribution in [0.1, 0.15) is 42.5 Å². The molecule has 37 heavy (non-hydrogen) atoms. The number of nitrogens with one attached hydrogen (secondary N) is 2. The third-order valence-electron chi connectivity index (χ3n) is 6.84. The zero-order valence-electron chi connectivity index (χ0n) is 20.4. The first kappa shape index (κ1) is 26.4. The number of amides is 1. The Hall–Kier alpha value is -2.24. The van der Waals surface area contributed by atoms with E-state index in [0.29, 0.717) is 35.3 Å². The number of unbranched alkanes of at least 4 members (excludes halogenated alkanes) is 1. The molecule has 1 unspecified atom stereocenters. The van der Waals surface area contributed by atoms with E-state index in [2.05, 4.69) is 36.6 Å². The lowest BCUT2D eigenvalue weighted by molar-refractivity contribution is 0.0271. The summed E-state index contributed by atoms with van der Waals surface area (Å²) < 4.78 is 18.5. The van der Waals surface area contributed by atoms with Crippen LogP contribution in [0.25, 0.3) is 11.0 Å². The average molecular weight is 595 g/mol. The Morgan fingerprint density at radius 3 is 2.78 bits per heavy atom. The number of hydrogen-bond donors (Lipinski definition) is 3. The number of fused-ring (bicyclic) bond motifs is 1. The highest BCUT2D eigenvalue weighted by atomic mass is 79.9. The largest absolute Gasteiger partial charge is 0.392 e. The van der Waals surface area contributed by atoms with E-state index in [1.165, 1.54) is 0 Å². The smallest absolute Gasteiger partial charge is 0.277 e. The molecule has 2 aliphatic rings. The van der Waals surface area contributed by atoms with Crippen LogP contribution in [0.2, 0.25) is 5.02 Å². The fourth-order valence-electron chi connectivity index (χ4n) is 4.56. The van der Waals surface area contributed by atoms with E-state index in [4.69, 9.17) is 16.4 Å². The highest BCUT2D eigenvalue weighted by molar-refractivity contribution is 9.10. The summed E-state index contributed by atoms with van der Waals surface area (Å²) >= 11 is 9.73. The number of β-amino-alcohol motifs (C(OH)–C–C–N with tert-alkyl or cyclic N) is 1. The first-order valence-electron chi connectivity index (χ1n) is 12.6. The lowest BCUT2D eigenvalue weighted by Gasteiger charge is -2.16. The molecule has 1 atom stereocenters. The first-order valence-corrected chi connectivity index (χ1v) is 13.8. The number of likely N-dealkylation sites (tertiary alicyclic amines) is 1. The molecule has 1 aliphatic heterocycles. The number of rotatable bonds is 11. The predicted octanol–water partition coefficient (Wildman–Crippen LogP) is 5.25. The van der Waals surface area contributed by atoms with Gasteiger partial charge in [-0.3, -0.25) is 9.63 Å². The van der Waals surface area contributed by atoms with Gasteiger partial charge in [0.15, 0.2) is 5.82 Å². The molecule has 1 aliphatic carbocycles. The standard InChI is InChI=1S/C26H30BrClFN5O3/c27-17-5-6-21(20(28)11-17)31-24-19(26(36)32-37-14-16-3-4-16)12-22-25(23(24)29)30-15-34(22)9-2-1-8-33-10-7-18(35)13-33/h5-6,11-12,15-16,18,31,35H,1-4,7-10,13-14H2,(H,32,36). The summed E-state index contributed by atoms with van der Waals surface area (Å²) in [6, 6.07) is 6.82. The summed E-state index contributed by atoms with van der Waals surface area (Å²) in [5, 5.41) is 13.1. The van der Waals surface area contributed by atoms with Crippen molar-refractivity contribution < 1.29 is 19.1 Å². The number of anilines is 2. The van der Waals surface area contributed by atoms with Crippen LogP contribution in [0.15, 0.2) is 35.1 Å². The van der Waals surface area contributed by atoms with Crippen molar-refractivity contribution in [2.45, 2.75) is 44.8 Å². The van der Waals surface area contributed by atoms with Gasteiger partial charge in [0.05, 0.1) is 46.5 Å². The number of aryl methyl sites for hydroxylation is 1. The number of carbonyl (C=O) groups is 1. The van der Waals surface area contributed by atoms with E-state index >= 15 is 4.39 Å². The van der Waals surface area contributed by atoms with Gasteiger partial charge in [0.1, 0.15) is 5.52 Å². The van der Waals surface area contributed by atoms with Crippen LogP contribution in [0, 0.1) is 11.7 Å². The SMILES string of the molecule is O=C(NOCC1CC1)c1cc2c(ncn2CCCCN2CCC(O)C2)c(F)c1Nc1ccc(Br)cc1Cl. The third-order valence-corrected chi connectivity index (χ3v) is 7.65. The minimum absolute atomic E-state index is 0.0120. The maximum atomic E-state index is 15.8. The molecule has 1 aromatic heterocycles. The van der Waals surface area contributed by atoms with Crippen LogP contribution in [0.5, 0.6) is 0 Å². The number of carbonyl (C=O) groups excluding carboxylic acids is 1. The fourth-order valence-corrected chi connectivity index (χ4v) is 5.28. The Balaban J connectivity index is 1.38. The predicted molar refractivity (Wildman–Crippen MR) is 145 cm³/mol. The number of hydrogen-bond acceptors (Lipinski definition) is 6. The number of imidazole rings is 1. The highest BCUT2D eigenvalue weighted by Gasteiger charge is 2.25. The van der Waals surface area contributed by atoms with Crippen LogP contribution in [0.4, 0.5) is 15.8 Å². The fraction of sp³-hybridized carbons (Fsp3) is 0.462. The third kappa shape index (κ3) is 6.43. The molecular formula is C26H30BrClFN5O3. The van der Waals surface area contributed by atoms with Gasteiger partial charge in [0, 0.05) is 24.1 Å². The molecule has 3 aromatic rings. The van der Waals surface area contributed by atoms with Crippen LogP contribution in [-0.4, -0.2) is 57.8 Å². The van der Waals surface area contributed by atoms with Crippen molar-refractivity contribution in [1.29, 1.82) is 0 Å². The van der Waals surface area contributed by atoms with Crippen LogP contribution in [-0.2, 0) is 11.4 Å². The van der Waals surface area contributed by atoms with Crippen molar-refractivity contribution in [2.75, 3.05) is 31.6 Å². The van der Waals surface area contributed by atoms with Gasteiger partial charge in [-0.2, -0.15) is 0 Å². The molecule has 198 valence electrons. The number of aliphatic hydroxyl groups excluding tert-OH is 1. The number of aromatic nitrogens is 2. The number of halogens is 3. The summed E-state index contributed by atoms with van der Waals surface area (Å²) in [5.41, 5.74) is 3.73. The maximum Gasteiger partial charge on any atom is 0.277 e. The maximum absolute atomic E-state index is 15.8. The second-order valence-electron chi connectivity index (χ2n) is 9.80. The van der Waals surface area contributed by atoms with Crippen molar-refractivity contribution in [1.82, 2.24) is 19.9 Å². The molecule has 0 spiro atoms. The molecule has 2 aromatic carbocycles. The molecule has 2 heterocycles. The van der Waals surface area contributed by atoms with Crippen molar-refractivity contribution in [3.05, 3.63) is 51.5 Å². The van der Waals surface area contributed by atoms with E-state index in [9.17, 15) is 9.90 Å². The Morgan fingerprint density at radius 1 is 1.24 bits per heavy atom. The molecule has 0 radical (unpaired) electrons. The lowest BCUT2D eigenvalue weighted by atomic mass is 10.1. The molecule has 2 fully saturated rings. The Morgan fingerprint density at radius 2 is 2.05 bits per heavy atom. The molecule has 11 heteroatoms. The minimum atomic E-state index is -0.631. The van der Waals surface area contributed by atoms with Crippen molar-refractivity contribution in [3.8, 4) is 0 Å². The summed E-state index contributed by atoms with van der Waals surface area (Å²) in [7, 11) is 0. The summed E-state index contributed by atoms with van der Waals surface area (Å²) in [4.78, 5) is 25.1. The molecule has 3 N–H and O–H groups in total. The van der Waals surface area contributed by atoms with Gasteiger partial charge >= 0.3 is 0 Å². The highest BCUT2D eigenvalue weighted by Crippen LogP contribution is 2.35. The molecule has 8 nitrogen and oxygen atoms in total. The normalized spacial score (nSPS) is 18.0. The number of aliphatic hydroxyl groups is 1. The Labute approximate surface area is 228 Å². The lowest BCUT2D eigenvalue weighted by Crippen LogP contribution is -2.26. The molecule has 1 amide bonds. The molecular weight excluding hydrogens is 565 g/mol. The van der Waals surface area contributed by atoms with E-state index in [1.54, 1.807) is 30.6 Å². The van der Waals surface area contributed by atoms with E-state index in [-0.39, 0.29) is 22.9 Å². The van der Waals surface area contributed by atoms with Crippen molar-refractivity contribution >= 4 is 55.8 Å². The topological polar surface area (TPSA) is 91.7 Å². The van der Waals surface area contributed by atoms with Crippen LogP contribution >= 0.6 is 27.5 Å². The Bertz CT molecular complexity index is 1280. The van der Waals surface area contributed by atoms with Gasteiger partial charge in [-0.1, -0.05) is 27.5 Å². The van der Waals surface area contributed by atoms with Crippen LogP contribution < -0.4 is 10.8 Å². The summed E-state index contributed by atoms with van der Waals surface area (Å²) in [6.07, 6.45) is 6.18. The zero-order chi connectivity index (χ0) is 25.9. The van der Waals surface area contributed by atoms with E-state index < -0.39 is 11.7 Å². The Kier molecular flexibility index (Phi) is 8.31. The second kappa shape index (κ2) is 11.7. The molecule has 5 rings (SSSR count). The van der Waals surface area contributed by atoms with Gasteiger partial charge in [-0.05, 0) is 68.8 Å². The molecule has 0 bridgehead atoms. The summed E-state index contributed by atoms with van der Waals surface area (Å²) in [6.45, 7) is 3.62. The second-order valence-corrected chi connectivity index (χ2v) is 11.1. The monoisotopic (exact) mass is 593 g/mol. The number of hydroxylamine groups is 1. The van der Waals surface area contributed by atoms with Gasteiger partial charge in [-0.25, -0.2) is 14.9 Å². The van der Waals surface area contributed by atoms with Crippen molar-refractivity contribution in [3.63, 3.8) is 0 Å². The minimum Gasteiger partial charge on any atom is -0.392 e. The van der Waals surface area contributed by atoms with Gasteiger partial charge in [0.25, 0.3) is 5.91 Å². The molecule has 1 saturated carbocycles. The molecule has 1 saturated heterocycles. The quantitative estimate of drug-likeness (QED) is 0.207. The van der Waals surface area contributed by atoms with Crippen LogP contribution in [0.3, 0.4) is 0 Å². The van der Waals surface area contributed by atoms with Gasteiger partial charge in [0.2, 0.25) is 0 Å². The van der Waals surface area contributed by atoms with Gasteiger partial charge < -0.3 is 19.9 Å². The van der Waals surface area contributed by atoms with E-state index in [0.717, 1.165) is 56.2 Å². The van der Waals surface area contributed by atoms with E-state index in [1.807, 2.05) is 4.57 Å².